The van der Waals surface area contributed by atoms with E-state index in [2.05, 4.69) is 10.3 Å². The third kappa shape index (κ3) is 3.05. The SMILES string of the molecule is O=C(NC1CCS(=O)(=O)CC1)c1ccnc2ccccc12. The van der Waals surface area contributed by atoms with E-state index >= 15 is 0 Å². The molecule has 0 bridgehead atoms. The molecule has 6 heteroatoms. The van der Waals surface area contributed by atoms with E-state index in [9.17, 15) is 13.2 Å². The Morgan fingerprint density at radius 2 is 1.86 bits per heavy atom. The van der Waals surface area contributed by atoms with Gasteiger partial charge < -0.3 is 5.32 Å². The zero-order valence-corrected chi connectivity index (χ0v) is 12.3. The van der Waals surface area contributed by atoms with Crippen molar-refractivity contribution in [3.8, 4) is 0 Å². The molecular formula is C15H16N2O3S. The first-order valence-corrected chi connectivity index (χ1v) is 8.72. The molecule has 0 saturated carbocycles. The van der Waals surface area contributed by atoms with Gasteiger partial charge in [-0.3, -0.25) is 9.78 Å². The molecule has 110 valence electrons. The molecular weight excluding hydrogens is 288 g/mol. The summed E-state index contributed by atoms with van der Waals surface area (Å²) in [7, 11) is -2.91. The first-order valence-electron chi connectivity index (χ1n) is 6.90. The van der Waals surface area contributed by atoms with Gasteiger partial charge >= 0.3 is 0 Å². The van der Waals surface area contributed by atoms with Crippen LogP contribution >= 0.6 is 0 Å². The lowest BCUT2D eigenvalue weighted by Gasteiger charge is -2.23. The van der Waals surface area contributed by atoms with Crippen LogP contribution in [-0.4, -0.2) is 36.9 Å². The molecule has 5 nitrogen and oxygen atoms in total. The van der Waals surface area contributed by atoms with Gasteiger partial charge in [0.25, 0.3) is 5.91 Å². The van der Waals surface area contributed by atoms with E-state index < -0.39 is 9.84 Å². The number of nitrogens with zero attached hydrogens (tertiary/aromatic N) is 1. The van der Waals surface area contributed by atoms with Gasteiger partial charge in [0.05, 0.1) is 22.6 Å². The second-order valence-electron chi connectivity index (χ2n) is 5.28. The van der Waals surface area contributed by atoms with Crippen molar-refractivity contribution in [3.05, 3.63) is 42.1 Å². The Balaban J connectivity index is 1.79. The van der Waals surface area contributed by atoms with Crippen LogP contribution in [0.1, 0.15) is 23.2 Å². The number of pyridine rings is 1. The van der Waals surface area contributed by atoms with Crippen molar-refractivity contribution in [3.63, 3.8) is 0 Å². The molecule has 1 amide bonds. The Morgan fingerprint density at radius 3 is 2.62 bits per heavy atom. The van der Waals surface area contributed by atoms with Gasteiger partial charge in [0, 0.05) is 17.6 Å². The summed E-state index contributed by atoms with van der Waals surface area (Å²) < 4.78 is 22.8. The average Bonchev–Trinajstić information content (AvgIpc) is 2.49. The summed E-state index contributed by atoms with van der Waals surface area (Å²) in [6.45, 7) is 0. The molecule has 3 rings (SSSR count). The predicted molar refractivity (Wildman–Crippen MR) is 80.9 cm³/mol. The minimum atomic E-state index is -2.91. The predicted octanol–water partition coefficient (Wildman–Crippen LogP) is 1.54. The molecule has 0 radical (unpaired) electrons. The average molecular weight is 304 g/mol. The number of fused-ring (bicyclic) bond motifs is 1. The molecule has 21 heavy (non-hydrogen) atoms. The molecule has 1 aliphatic rings. The van der Waals surface area contributed by atoms with Gasteiger partial charge in [-0.15, -0.1) is 0 Å². The largest absolute Gasteiger partial charge is 0.349 e. The third-order valence-corrected chi connectivity index (χ3v) is 5.50. The van der Waals surface area contributed by atoms with Crippen LogP contribution in [0.4, 0.5) is 0 Å². The normalized spacial score (nSPS) is 18.5. The number of aromatic nitrogens is 1. The molecule has 0 spiro atoms. The number of carbonyl (C=O) groups excluding carboxylic acids is 1. The van der Waals surface area contributed by atoms with Gasteiger partial charge in [0.2, 0.25) is 0 Å². The Bertz CT molecular complexity index is 767. The van der Waals surface area contributed by atoms with E-state index in [1.165, 1.54) is 0 Å². The summed E-state index contributed by atoms with van der Waals surface area (Å²) >= 11 is 0. The Hall–Kier alpha value is -1.95. The van der Waals surface area contributed by atoms with Crippen LogP contribution in [0.25, 0.3) is 10.9 Å². The molecule has 1 fully saturated rings. The van der Waals surface area contributed by atoms with Gasteiger partial charge in [-0.05, 0) is 25.0 Å². The smallest absolute Gasteiger partial charge is 0.252 e. The molecule has 1 N–H and O–H groups in total. The maximum absolute atomic E-state index is 12.4. The zero-order valence-electron chi connectivity index (χ0n) is 11.5. The van der Waals surface area contributed by atoms with Crippen LogP contribution in [0.3, 0.4) is 0 Å². The van der Waals surface area contributed by atoms with Gasteiger partial charge in [-0.1, -0.05) is 18.2 Å². The maximum Gasteiger partial charge on any atom is 0.252 e. The molecule has 1 aromatic heterocycles. The Kier molecular flexibility index (Phi) is 3.63. The monoisotopic (exact) mass is 304 g/mol. The second-order valence-corrected chi connectivity index (χ2v) is 7.58. The highest BCUT2D eigenvalue weighted by atomic mass is 32.2. The van der Waals surface area contributed by atoms with E-state index in [1.54, 1.807) is 12.3 Å². The van der Waals surface area contributed by atoms with E-state index in [1.807, 2.05) is 24.3 Å². The fourth-order valence-electron chi connectivity index (χ4n) is 2.59. The minimum Gasteiger partial charge on any atom is -0.349 e. The summed E-state index contributed by atoms with van der Waals surface area (Å²) in [6.07, 6.45) is 2.58. The summed E-state index contributed by atoms with van der Waals surface area (Å²) in [5, 5.41) is 3.74. The van der Waals surface area contributed by atoms with Crippen LogP contribution in [0.15, 0.2) is 36.5 Å². The Morgan fingerprint density at radius 1 is 1.14 bits per heavy atom. The van der Waals surface area contributed by atoms with Crippen LogP contribution in [0, 0.1) is 0 Å². The van der Waals surface area contributed by atoms with E-state index in [4.69, 9.17) is 0 Å². The number of sulfone groups is 1. The molecule has 0 unspecified atom stereocenters. The zero-order chi connectivity index (χ0) is 14.9. The lowest BCUT2D eigenvalue weighted by molar-refractivity contribution is 0.0936. The van der Waals surface area contributed by atoms with E-state index in [0.29, 0.717) is 18.4 Å². The van der Waals surface area contributed by atoms with Crippen molar-refractivity contribution >= 4 is 26.6 Å². The number of carbonyl (C=O) groups is 1. The van der Waals surface area contributed by atoms with Crippen molar-refractivity contribution in [1.82, 2.24) is 10.3 Å². The van der Waals surface area contributed by atoms with Gasteiger partial charge in [-0.25, -0.2) is 8.42 Å². The summed E-state index contributed by atoms with van der Waals surface area (Å²) in [6, 6.07) is 9.09. The minimum absolute atomic E-state index is 0.0760. The number of amides is 1. The molecule has 1 saturated heterocycles. The fourth-order valence-corrected chi connectivity index (χ4v) is 4.08. The summed E-state index contributed by atoms with van der Waals surface area (Å²) in [5.74, 6) is 0.127. The van der Waals surface area contributed by atoms with Crippen LogP contribution in [0.5, 0.6) is 0 Å². The Labute approximate surface area is 123 Å². The third-order valence-electron chi connectivity index (χ3n) is 3.78. The lowest BCUT2D eigenvalue weighted by atomic mass is 10.1. The van der Waals surface area contributed by atoms with E-state index in [0.717, 1.165) is 10.9 Å². The number of benzene rings is 1. The van der Waals surface area contributed by atoms with Crippen LogP contribution in [0.2, 0.25) is 0 Å². The van der Waals surface area contributed by atoms with Crippen LogP contribution in [-0.2, 0) is 9.84 Å². The lowest BCUT2D eigenvalue weighted by Crippen LogP contribution is -2.40. The van der Waals surface area contributed by atoms with Crippen molar-refractivity contribution in [2.24, 2.45) is 0 Å². The first kappa shape index (κ1) is 14.0. The second kappa shape index (κ2) is 5.44. The number of para-hydroxylation sites is 1. The molecule has 0 aliphatic carbocycles. The van der Waals surface area contributed by atoms with Crippen molar-refractivity contribution in [2.45, 2.75) is 18.9 Å². The van der Waals surface area contributed by atoms with Gasteiger partial charge in [0.15, 0.2) is 0 Å². The maximum atomic E-state index is 12.4. The van der Waals surface area contributed by atoms with Crippen molar-refractivity contribution in [2.75, 3.05) is 11.5 Å². The quantitative estimate of drug-likeness (QED) is 0.913. The molecule has 2 aromatic rings. The number of rotatable bonds is 2. The molecule has 1 aliphatic heterocycles. The van der Waals surface area contributed by atoms with Crippen LogP contribution < -0.4 is 5.32 Å². The standard InChI is InChI=1S/C15H16N2O3S/c18-15(17-11-6-9-21(19,20)10-7-11)13-5-8-16-14-4-2-1-3-12(13)14/h1-5,8,11H,6-7,9-10H2,(H,17,18). The summed E-state index contributed by atoms with van der Waals surface area (Å²) in [4.78, 5) is 16.6. The molecule has 0 atom stereocenters. The van der Waals surface area contributed by atoms with E-state index in [-0.39, 0.29) is 23.5 Å². The van der Waals surface area contributed by atoms with Crippen molar-refractivity contribution in [1.29, 1.82) is 0 Å². The highest BCUT2D eigenvalue weighted by molar-refractivity contribution is 7.91. The van der Waals surface area contributed by atoms with Gasteiger partial charge in [0.1, 0.15) is 9.84 Å². The highest BCUT2D eigenvalue weighted by Gasteiger charge is 2.25. The number of hydrogen-bond donors (Lipinski definition) is 1. The van der Waals surface area contributed by atoms with Gasteiger partial charge in [-0.2, -0.15) is 0 Å². The number of hydrogen-bond acceptors (Lipinski definition) is 4. The number of nitrogens with one attached hydrogen (secondary N) is 1. The summed E-state index contributed by atoms with van der Waals surface area (Å²) in [5.41, 5.74) is 1.35. The first-order chi connectivity index (χ1) is 10.1. The molecule has 1 aromatic carbocycles. The highest BCUT2D eigenvalue weighted by Crippen LogP contribution is 2.18. The van der Waals surface area contributed by atoms with Crippen molar-refractivity contribution < 1.29 is 13.2 Å². The topological polar surface area (TPSA) is 76.1 Å². The fraction of sp³-hybridized carbons (Fsp3) is 0.333. The molecule has 2 heterocycles.